The largest absolute Gasteiger partial charge is 0.465 e. The first-order chi connectivity index (χ1) is 7.59. The Balaban J connectivity index is 1.98. The van der Waals surface area contributed by atoms with Crippen LogP contribution in [-0.2, 0) is 4.79 Å². The van der Waals surface area contributed by atoms with Crippen LogP contribution in [0, 0.1) is 0 Å². The van der Waals surface area contributed by atoms with E-state index in [1.54, 1.807) is 0 Å². The maximum atomic E-state index is 11.2. The number of nitrogens with two attached hydrogens (primary N) is 1. The third-order valence-electron chi connectivity index (χ3n) is 3.53. The fourth-order valence-corrected chi connectivity index (χ4v) is 2.72. The average Bonchev–Trinajstić information content (AvgIpc) is 2.86. The van der Waals surface area contributed by atoms with Gasteiger partial charge in [-0.2, -0.15) is 0 Å². The first kappa shape index (κ1) is 11.2. The summed E-state index contributed by atoms with van der Waals surface area (Å²) in [6, 6.07) is -0.0326. The van der Waals surface area contributed by atoms with Gasteiger partial charge in [0.2, 0.25) is 5.91 Å². The van der Waals surface area contributed by atoms with E-state index in [-0.39, 0.29) is 18.0 Å². The maximum Gasteiger partial charge on any atom is 0.407 e. The van der Waals surface area contributed by atoms with Crippen LogP contribution in [0.4, 0.5) is 4.79 Å². The Morgan fingerprint density at radius 2 is 2.00 bits per heavy atom. The van der Waals surface area contributed by atoms with Gasteiger partial charge in [-0.15, -0.1) is 0 Å². The molecule has 0 aliphatic carbocycles. The molecule has 2 amide bonds. The summed E-state index contributed by atoms with van der Waals surface area (Å²) in [6.45, 7) is 1.91. The molecule has 6 nitrogen and oxygen atoms in total. The molecular formula is C10H17N3O3. The Morgan fingerprint density at radius 3 is 2.56 bits per heavy atom. The second-order valence-electron chi connectivity index (χ2n) is 4.47. The lowest BCUT2D eigenvalue weighted by atomic mass is 10.1. The molecule has 6 heteroatoms. The molecule has 2 rings (SSSR count). The van der Waals surface area contributed by atoms with Crippen LogP contribution in [0.1, 0.15) is 19.3 Å². The van der Waals surface area contributed by atoms with Crippen molar-refractivity contribution < 1.29 is 14.7 Å². The molecule has 2 aliphatic rings. The van der Waals surface area contributed by atoms with E-state index in [1.807, 2.05) is 0 Å². The summed E-state index contributed by atoms with van der Waals surface area (Å²) in [5, 5.41) is 8.86. The van der Waals surface area contributed by atoms with Crippen molar-refractivity contribution >= 4 is 12.0 Å². The van der Waals surface area contributed by atoms with Crippen molar-refractivity contribution in [3.05, 3.63) is 0 Å². The fourth-order valence-electron chi connectivity index (χ4n) is 2.72. The van der Waals surface area contributed by atoms with Crippen molar-refractivity contribution in [3.63, 3.8) is 0 Å². The van der Waals surface area contributed by atoms with Gasteiger partial charge >= 0.3 is 6.09 Å². The molecule has 0 spiro atoms. The molecule has 0 aromatic heterocycles. The third-order valence-corrected chi connectivity index (χ3v) is 3.53. The average molecular weight is 227 g/mol. The van der Waals surface area contributed by atoms with E-state index < -0.39 is 6.09 Å². The summed E-state index contributed by atoms with van der Waals surface area (Å²) in [5.74, 6) is -0.286. The van der Waals surface area contributed by atoms with Gasteiger partial charge in [0.05, 0.1) is 6.04 Å². The second-order valence-corrected chi connectivity index (χ2v) is 4.47. The normalized spacial score (nSPS) is 30.9. The van der Waals surface area contributed by atoms with E-state index in [0.29, 0.717) is 13.1 Å². The van der Waals surface area contributed by atoms with Gasteiger partial charge < -0.3 is 15.7 Å². The molecular weight excluding hydrogens is 210 g/mol. The molecule has 3 N–H and O–H groups in total. The van der Waals surface area contributed by atoms with E-state index in [4.69, 9.17) is 10.8 Å². The number of primary amides is 1. The van der Waals surface area contributed by atoms with Crippen LogP contribution in [0.5, 0.6) is 0 Å². The minimum atomic E-state index is -0.877. The molecule has 0 radical (unpaired) electrons. The standard InChI is InChI=1S/C10H17N3O3/c11-9(14)8-2-1-4-13(8)7-3-5-12(6-7)10(15)16/h7-8H,1-6H2,(H2,11,14)(H,15,16)/t7?,8-/m0/s1. The van der Waals surface area contributed by atoms with Crippen molar-refractivity contribution in [2.75, 3.05) is 19.6 Å². The number of likely N-dealkylation sites (tertiary alicyclic amines) is 2. The van der Waals surface area contributed by atoms with Crippen LogP contribution in [0.3, 0.4) is 0 Å². The molecule has 2 aliphatic heterocycles. The van der Waals surface area contributed by atoms with Gasteiger partial charge in [-0.3, -0.25) is 9.69 Å². The summed E-state index contributed by atoms with van der Waals surface area (Å²) in [6.07, 6.45) is 1.70. The van der Waals surface area contributed by atoms with E-state index in [9.17, 15) is 9.59 Å². The molecule has 0 aromatic carbocycles. The Hall–Kier alpha value is -1.30. The number of carboxylic acid groups (broad SMARTS) is 1. The van der Waals surface area contributed by atoms with Gasteiger partial charge in [0, 0.05) is 19.1 Å². The zero-order valence-electron chi connectivity index (χ0n) is 9.13. The highest BCUT2D eigenvalue weighted by atomic mass is 16.4. The summed E-state index contributed by atoms with van der Waals surface area (Å²) < 4.78 is 0. The van der Waals surface area contributed by atoms with Gasteiger partial charge in [0.15, 0.2) is 0 Å². The first-order valence-electron chi connectivity index (χ1n) is 5.62. The number of nitrogens with zero attached hydrogens (tertiary/aromatic N) is 2. The molecule has 1 unspecified atom stereocenters. The Kier molecular flexibility index (Phi) is 3.00. The molecule has 90 valence electrons. The minimum Gasteiger partial charge on any atom is -0.465 e. The van der Waals surface area contributed by atoms with E-state index in [1.165, 1.54) is 4.90 Å². The Bertz CT molecular complexity index is 308. The van der Waals surface area contributed by atoms with Crippen molar-refractivity contribution in [2.24, 2.45) is 5.73 Å². The van der Waals surface area contributed by atoms with Crippen LogP contribution >= 0.6 is 0 Å². The summed E-state index contributed by atoms with van der Waals surface area (Å²) in [7, 11) is 0. The second kappa shape index (κ2) is 4.29. The summed E-state index contributed by atoms with van der Waals surface area (Å²) in [5.41, 5.74) is 5.34. The highest BCUT2D eigenvalue weighted by Gasteiger charge is 2.38. The van der Waals surface area contributed by atoms with E-state index >= 15 is 0 Å². The molecule has 2 heterocycles. The zero-order chi connectivity index (χ0) is 11.7. The molecule has 2 saturated heterocycles. The number of carbonyl (C=O) groups excluding carboxylic acids is 1. The molecule has 0 saturated carbocycles. The van der Waals surface area contributed by atoms with Crippen LogP contribution in [0.2, 0.25) is 0 Å². The number of carbonyl (C=O) groups is 2. The smallest absolute Gasteiger partial charge is 0.407 e. The third kappa shape index (κ3) is 1.97. The van der Waals surface area contributed by atoms with Crippen molar-refractivity contribution in [3.8, 4) is 0 Å². The lowest BCUT2D eigenvalue weighted by Gasteiger charge is -2.28. The quantitative estimate of drug-likeness (QED) is 0.677. The number of amides is 2. The van der Waals surface area contributed by atoms with Crippen LogP contribution in [-0.4, -0.2) is 58.6 Å². The van der Waals surface area contributed by atoms with E-state index in [2.05, 4.69) is 4.90 Å². The summed E-state index contributed by atoms with van der Waals surface area (Å²) >= 11 is 0. The SMILES string of the molecule is NC(=O)[C@@H]1CCCN1C1CCN(C(=O)O)C1. The van der Waals surface area contributed by atoms with Crippen molar-refractivity contribution in [2.45, 2.75) is 31.3 Å². The van der Waals surface area contributed by atoms with Crippen molar-refractivity contribution in [1.29, 1.82) is 0 Å². The van der Waals surface area contributed by atoms with Gasteiger partial charge in [-0.05, 0) is 25.8 Å². The van der Waals surface area contributed by atoms with Gasteiger partial charge in [-0.1, -0.05) is 0 Å². The highest BCUT2D eigenvalue weighted by molar-refractivity contribution is 5.80. The van der Waals surface area contributed by atoms with Gasteiger partial charge in [0.1, 0.15) is 0 Å². The lowest BCUT2D eigenvalue weighted by molar-refractivity contribution is -0.122. The number of hydrogen-bond acceptors (Lipinski definition) is 3. The number of hydrogen-bond donors (Lipinski definition) is 2. The predicted molar refractivity (Wildman–Crippen MR) is 56.9 cm³/mol. The van der Waals surface area contributed by atoms with Crippen LogP contribution in [0.15, 0.2) is 0 Å². The highest BCUT2D eigenvalue weighted by Crippen LogP contribution is 2.25. The van der Waals surface area contributed by atoms with Gasteiger partial charge in [-0.25, -0.2) is 4.79 Å². The molecule has 0 bridgehead atoms. The zero-order valence-corrected chi connectivity index (χ0v) is 9.13. The summed E-state index contributed by atoms with van der Waals surface area (Å²) in [4.78, 5) is 25.5. The minimum absolute atomic E-state index is 0.163. The topological polar surface area (TPSA) is 86.9 Å². The molecule has 2 atom stereocenters. The van der Waals surface area contributed by atoms with Gasteiger partial charge in [0.25, 0.3) is 0 Å². The van der Waals surface area contributed by atoms with Crippen LogP contribution < -0.4 is 5.73 Å². The molecule has 0 aromatic rings. The molecule has 2 fully saturated rings. The molecule has 16 heavy (non-hydrogen) atoms. The monoisotopic (exact) mass is 227 g/mol. The maximum absolute atomic E-state index is 11.2. The lowest BCUT2D eigenvalue weighted by Crippen LogP contribution is -2.47. The first-order valence-corrected chi connectivity index (χ1v) is 5.62. The fraction of sp³-hybridized carbons (Fsp3) is 0.800. The Labute approximate surface area is 94.0 Å². The number of rotatable bonds is 2. The van der Waals surface area contributed by atoms with Crippen molar-refractivity contribution in [1.82, 2.24) is 9.80 Å². The van der Waals surface area contributed by atoms with Crippen LogP contribution in [0.25, 0.3) is 0 Å². The van der Waals surface area contributed by atoms with E-state index in [0.717, 1.165) is 25.8 Å². The predicted octanol–water partition coefficient (Wildman–Crippen LogP) is -0.312. The Morgan fingerprint density at radius 1 is 1.25 bits per heavy atom.